The number of anilines is 3. The van der Waals surface area contributed by atoms with Gasteiger partial charge in [-0.15, -0.1) is 0 Å². The highest BCUT2D eigenvalue weighted by molar-refractivity contribution is 5.79. The third kappa shape index (κ3) is 4.63. The van der Waals surface area contributed by atoms with Crippen LogP contribution in [0.3, 0.4) is 0 Å². The summed E-state index contributed by atoms with van der Waals surface area (Å²) in [6, 6.07) is 12.9. The molecule has 0 spiro atoms. The normalized spacial score (nSPS) is 10.1. The van der Waals surface area contributed by atoms with Gasteiger partial charge in [-0.25, -0.2) is 0 Å². The van der Waals surface area contributed by atoms with Gasteiger partial charge < -0.3 is 25.5 Å². The molecule has 2 aromatic carbocycles. The molecule has 23 heavy (non-hydrogen) atoms. The summed E-state index contributed by atoms with van der Waals surface area (Å²) in [5, 5.41) is 29.8. The number of hydrogen-bond acceptors (Lipinski definition) is 5. The molecule has 0 radical (unpaired) electrons. The van der Waals surface area contributed by atoms with Gasteiger partial charge in [0, 0.05) is 17.1 Å². The van der Waals surface area contributed by atoms with Crippen molar-refractivity contribution in [2.75, 3.05) is 23.3 Å². The molecule has 0 saturated heterocycles. The number of carboxylic acids is 2. The summed E-state index contributed by atoms with van der Waals surface area (Å²) in [5.74, 6) is -1.87. The largest absolute Gasteiger partial charge is 0.508 e. The molecular weight excluding hydrogens is 300 g/mol. The second-order valence-electron chi connectivity index (χ2n) is 4.79. The molecule has 7 heteroatoms. The smallest absolute Gasteiger partial charge is 0.323 e. The van der Waals surface area contributed by atoms with Gasteiger partial charge in [0.2, 0.25) is 0 Å². The van der Waals surface area contributed by atoms with E-state index in [9.17, 15) is 14.7 Å². The molecule has 0 fully saturated rings. The predicted molar refractivity (Wildman–Crippen MR) is 85.3 cm³/mol. The molecule has 2 aromatic rings. The van der Waals surface area contributed by atoms with Crippen LogP contribution in [-0.4, -0.2) is 40.3 Å². The summed E-state index contributed by atoms with van der Waals surface area (Å²) in [6.07, 6.45) is 0. The Kier molecular flexibility index (Phi) is 5.03. The third-order valence-corrected chi connectivity index (χ3v) is 3.08. The maximum atomic E-state index is 11.1. The van der Waals surface area contributed by atoms with Crippen LogP contribution in [0.1, 0.15) is 0 Å². The van der Waals surface area contributed by atoms with Crippen molar-refractivity contribution in [3.63, 3.8) is 0 Å². The van der Waals surface area contributed by atoms with E-state index in [1.807, 2.05) is 0 Å². The predicted octanol–water partition coefficient (Wildman–Crippen LogP) is 2.11. The Labute approximate surface area is 132 Å². The number of carboxylic acid groups (broad SMARTS) is 2. The van der Waals surface area contributed by atoms with Crippen molar-refractivity contribution in [1.29, 1.82) is 0 Å². The summed E-state index contributed by atoms with van der Waals surface area (Å²) in [7, 11) is 0. The number of aliphatic carboxylic acids is 2. The summed E-state index contributed by atoms with van der Waals surface area (Å²) in [5.41, 5.74) is 1.88. The van der Waals surface area contributed by atoms with Crippen LogP contribution in [0.2, 0.25) is 0 Å². The van der Waals surface area contributed by atoms with Gasteiger partial charge in [-0.3, -0.25) is 9.59 Å². The number of phenolic OH excluding ortho intramolecular Hbond substituents is 1. The highest BCUT2D eigenvalue weighted by Crippen LogP contribution is 2.27. The first-order chi connectivity index (χ1) is 11.0. The minimum absolute atomic E-state index is 0.0947. The summed E-state index contributed by atoms with van der Waals surface area (Å²) < 4.78 is 0. The second kappa shape index (κ2) is 7.17. The molecule has 4 N–H and O–H groups in total. The third-order valence-electron chi connectivity index (χ3n) is 3.08. The minimum atomic E-state index is -0.994. The monoisotopic (exact) mass is 316 g/mol. The molecule has 120 valence electrons. The number of nitrogens with zero attached hydrogens (tertiary/aromatic N) is 1. The molecule has 7 nitrogen and oxygen atoms in total. The lowest BCUT2D eigenvalue weighted by Crippen LogP contribution is -2.24. The SMILES string of the molecule is O=C(O)CNc1ccc(N(CC(=O)O)c2ccc(O)cc2)cc1. The fourth-order valence-electron chi connectivity index (χ4n) is 2.04. The van der Waals surface area contributed by atoms with E-state index in [0.717, 1.165) is 0 Å². The van der Waals surface area contributed by atoms with Crippen molar-refractivity contribution in [2.24, 2.45) is 0 Å². The van der Waals surface area contributed by atoms with E-state index in [1.54, 1.807) is 41.3 Å². The Hall–Kier alpha value is -3.22. The van der Waals surface area contributed by atoms with Crippen LogP contribution >= 0.6 is 0 Å². The number of rotatable bonds is 7. The first-order valence-corrected chi connectivity index (χ1v) is 6.80. The lowest BCUT2D eigenvalue weighted by Gasteiger charge is -2.23. The van der Waals surface area contributed by atoms with Gasteiger partial charge in [0.1, 0.15) is 18.8 Å². The van der Waals surface area contributed by atoms with Gasteiger partial charge >= 0.3 is 11.9 Å². The Morgan fingerprint density at radius 1 is 0.870 bits per heavy atom. The van der Waals surface area contributed by atoms with Crippen molar-refractivity contribution in [2.45, 2.75) is 0 Å². The number of aromatic hydroxyl groups is 1. The molecule has 0 unspecified atom stereocenters. The number of benzene rings is 2. The van der Waals surface area contributed by atoms with Gasteiger partial charge in [0.25, 0.3) is 0 Å². The first-order valence-electron chi connectivity index (χ1n) is 6.80. The van der Waals surface area contributed by atoms with E-state index >= 15 is 0 Å². The van der Waals surface area contributed by atoms with Gasteiger partial charge in [-0.2, -0.15) is 0 Å². The zero-order chi connectivity index (χ0) is 16.8. The molecule has 0 amide bonds. The quantitative estimate of drug-likeness (QED) is 0.619. The molecule has 0 bridgehead atoms. The molecule has 0 aliphatic carbocycles. The number of nitrogens with one attached hydrogen (secondary N) is 1. The maximum Gasteiger partial charge on any atom is 0.323 e. The van der Waals surface area contributed by atoms with Crippen LogP contribution in [0.5, 0.6) is 5.75 Å². The first kappa shape index (κ1) is 16.2. The van der Waals surface area contributed by atoms with Crippen LogP contribution in [0, 0.1) is 0 Å². The van der Waals surface area contributed by atoms with Crippen LogP contribution in [0.4, 0.5) is 17.1 Å². The van der Waals surface area contributed by atoms with Crippen molar-refractivity contribution < 1.29 is 24.9 Å². The highest BCUT2D eigenvalue weighted by Gasteiger charge is 2.13. The molecular formula is C16H16N2O5. The van der Waals surface area contributed by atoms with Crippen LogP contribution in [-0.2, 0) is 9.59 Å². The molecule has 0 saturated carbocycles. The Balaban J connectivity index is 2.23. The molecule has 0 aliphatic rings. The zero-order valence-electron chi connectivity index (χ0n) is 12.1. The minimum Gasteiger partial charge on any atom is -0.508 e. The van der Waals surface area contributed by atoms with Crippen molar-refractivity contribution in [3.8, 4) is 5.75 Å². The molecule has 2 rings (SSSR count). The zero-order valence-corrected chi connectivity index (χ0v) is 12.1. The average Bonchev–Trinajstić information content (AvgIpc) is 2.52. The van der Waals surface area contributed by atoms with E-state index in [-0.39, 0.29) is 18.8 Å². The van der Waals surface area contributed by atoms with Gasteiger partial charge in [0.05, 0.1) is 0 Å². The van der Waals surface area contributed by atoms with E-state index in [1.165, 1.54) is 12.1 Å². The fourth-order valence-corrected chi connectivity index (χ4v) is 2.04. The van der Waals surface area contributed by atoms with Crippen molar-refractivity contribution in [3.05, 3.63) is 48.5 Å². The molecule has 0 aliphatic heterocycles. The number of hydrogen-bond donors (Lipinski definition) is 4. The lowest BCUT2D eigenvalue weighted by molar-refractivity contribution is -0.136. The second-order valence-corrected chi connectivity index (χ2v) is 4.79. The Bertz CT molecular complexity index is 683. The fraction of sp³-hybridized carbons (Fsp3) is 0.125. The standard InChI is InChI=1S/C16H16N2O5/c19-14-7-5-13(6-8-14)18(10-16(22)23)12-3-1-11(2-4-12)17-9-15(20)21/h1-8,17,19H,9-10H2,(H,20,21)(H,22,23). The Morgan fingerprint density at radius 3 is 1.87 bits per heavy atom. The Morgan fingerprint density at radius 2 is 1.39 bits per heavy atom. The average molecular weight is 316 g/mol. The lowest BCUT2D eigenvalue weighted by atomic mass is 10.2. The van der Waals surface area contributed by atoms with Crippen molar-refractivity contribution >= 4 is 29.0 Å². The van der Waals surface area contributed by atoms with E-state index in [2.05, 4.69) is 5.32 Å². The topological polar surface area (TPSA) is 110 Å². The highest BCUT2D eigenvalue weighted by atomic mass is 16.4. The summed E-state index contributed by atoms with van der Waals surface area (Å²) in [4.78, 5) is 23.2. The van der Waals surface area contributed by atoms with E-state index < -0.39 is 11.9 Å². The van der Waals surface area contributed by atoms with Gasteiger partial charge in [-0.05, 0) is 48.5 Å². The van der Waals surface area contributed by atoms with Crippen LogP contribution < -0.4 is 10.2 Å². The van der Waals surface area contributed by atoms with Crippen molar-refractivity contribution in [1.82, 2.24) is 0 Å². The van der Waals surface area contributed by atoms with Crippen LogP contribution in [0.25, 0.3) is 0 Å². The molecule has 0 atom stereocenters. The van der Waals surface area contributed by atoms with E-state index in [0.29, 0.717) is 17.1 Å². The summed E-state index contributed by atoms with van der Waals surface area (Å²) in [6.45, 7) is -0.442. The van der Waals surface area contributed by atoms with Gasteiger partial charge in [0.15, 0.2) is 0 Å². The number of phenols is 1. The maximum absolute atomic E-state index is 11.1. The summed E-state index contributed by atoms with van der Waals surface area (Å²) >= 11 is 0. The van der Waals surface area contributed by atoms with Gasteiger partial charge in [-0.1, -0.05) is 0 Å². The molecule has 0 aromatic heterocycles. The van der Waals surface area contributed by atoms with Crippen LogP contribution in [0.15, 0.2) is 48.5 Å². The molecule has 0 heterocycles. The van der Waals surface area contributed by atoms with E-state index in [4.69, 9.17) is 10.2 Å². The number of carbonyl (C=O) groups is 2.